The maximum atomic E-state index is 11.1. The summed E-state index contributed by atoms with van der Waals surface area (Å²) in [6.07, 6.45) is 2.36. The van der Waals surface area contributed by atoms with Crippen LogP contribution >= 0.6 is 11.8 Å². The molecule has 0 bridgehead atoms. The van der Waals surface area contributed by atoms with Crippen molar-refractivity contribution in [2.45, 2.75) is 37.0 Å². The molecule has 1 heterocycles. The Bertz CT molecular complexity index is 413. The molecule has 0 amide bonds. The molecular weight excluding hydrogens is 210 g/mol. The van der Waals surface area contributed by atoms with Crippen LogP contribution in [0, 0.1) is 13.8 Å². The van der Waals surface area contributed by atoms with Gasteiger partial charge in [0.1, 0.15) is 5.03 Å². The first kappa shape index (κ1) is 10.5. The molecule has 15 heavy (non-hydrogen) atoms. The number of carboxylic acids is 1. The van der Waals surface area contributed by atoms with E-state index >= 15 is 0 Å². The van der Waals surface area contributed by atoms with Crippen molar-refractivity contribution >= 4 is 17.7 Å². The molecule has 3 nitrogen and oxygen atoms in total. The van der Waals surface area contributed by atoms with Gasteiger partial charge in [-0.15, -0.1) is 11.8 Å². The van der Waals surface area contributed by atoms with Gasteiger partial charge in [-0.25, -0.2) is 9.78 Å². The minimum absolute atomic E-state index is 0.373. The van der Waals surface area contributed by atoms with E-state index in [0.717, 1.165) is 11.3 Å². The number of rotatable bonds is 3. The van der Waals surface area contributed by atoms with Crippen LogP contribution in [0.2, 0.25) is 0 Å². The number of hydrogen-bond acceptors (Lipinski definition) is 3. The fourth-order valence-corrected chi connectivity index (χ4v) is 2.74. The highest BCUT2D eigenvalue weighted by molar-refractivity contribution is 8.00. The molecule has 1 saturated carbocycles. The van der Waals surface area contributed by atoms with Gasteiger partial charge in [0.05, 0.1) is 5.56 Å². The van der Waals surface area contributed by atoms with Crippen molar-refractivity contribution < 1.29 is 9.90 Å². The highest BCUT2D eigenvalue weighted by atomic mass is 32.2. The number of aryl methyl sites for hydroxylation is 2. The van der Waals surface area contributed by atoms with E-state index in [1.165, 1.54) is 12.8 Å². The molecule has 1 N–H and O–H groups in total. The Kier molecular flexibility index (Phi) is 2.69. The number of hydrogen-bond donors (Lipinski definition) is 1. The van der Waals surface area contributed by atoms with Crippen molar-refractivity contribution in [2.75, 3.05) is 0 Å². The number of thioether (sulfide) groups is 1. The highest BCUT2D eigenvalue weighted by Crippen LogP contribution is 2.40. The van der Waals surface area contributed by atoms with Crippen molar-refractivity contribution in [1.29, 1.82) is 0 Å². The second-order valence-electron chi connectivity index (χ2n) is 3.88. The molecule has 1 aromatic rings. The molecule has 0 radical (unpaired) electrons. The van der Waals surface area contributed by atoms with Gasteiger partial charge in [-0.3, -0.25) is 0 Å². The second-order valence-corrected chi connectivity index (χ2v) is 5.17. The summed E-state index contributed by atoms with van der Waals surface area (Å²) in [5, 5.41) is 10.4. The Hall–Kier alpha value is -1.03. The van der Waals surface area contributed by atoms with Crippen LogP contribution in [-0.2, 0) is 0 Å². The molecule has 1 fully saturated rings. The third-order valence-corrected chi connectivity index (χ3v) is 3.65. The van der Waals surface area contributed by atoms with Gasteiger partial charge in [-0.05, 0) is 38.3 Å². The lowest BCUT2D eigenvalue weighted by Crippen LogP contribution is -2.05. The molecule has 2 rings (SSSR count). The third kappa shape index (κ3) is 2.31. The van der Waals surface area contributed by atoms with Crippen molar-refractivity contribution in [1.82, 2.24) is 4.98 Å². The fourth-order valence-electron chi connectivity index (χ4n) is 1.49. The minimum Gasteiger partial charge on any atom is -0.478 e. The lowest BCUT2D eigenvalue weighted by Gasteiger charge is -2.08. The summed E-state index contributed by atoms with van der Waals surface area (Å²) >= 11 is 1.60. The molecule has 1 aromatic heterocycles. The molecule has 80 valence electrons. The zero-order valence-electron chi connectivity index (χ0n) is 8.78. The average molecular weight is 223 g/mol. The van der Waals surface area contributed by atoms with Crippen LogP contribution in [0.25, 0.3) is 0 Å². The van der Waals surface area contributed by atoms with E-state index in [2.05, 4.69) is 4.98 Å². The van der Waals surface area contributed by atoms with Crippen molar-refractivity contribution in [2.24, 2.45) is 0 Å². The van der Waals surface area contributed by atoms with Crippen LogP contribution < -0.4 is 0 Å². The van der Waals surface area contributed by atoms with Crippen LogP contribution in [0.1, 0.15) is 34.5 Å². The van der Waals surface area contributed by atoms with Gasteiger partial charge in [0.15, 0.2) is 0 Å². The predicted octanol–water partition coefficient (Wildman–Crippen LogP) is 2.65. The van der Waals surface area contributed by atoms with Gasteiger partial charge in [0.25, 0.3) is 0 Å². The molecule has 1 aliphatic carbocycles. The standard InChI is InChI=1S/C11H13NO2S/c1-6-5-7(2)12-10(9(6)11(13)14)15-8-3-4-8/h5,8H,3-4H2,1-2H3,(H,13,14). The molecule has 0 atom stereocenters. The molecule has 1 aliphatic rings. The summed E-state index contributed by atoms with van der Waals surface area (Å²) in [5.74, 6) is -0.872. The van der Waals surface area contributed by atoms with Crippen LogP contribution in [0.4, 0.5) is 0 Å². The fraction of sp³-hybridized carbons (Fsp3) is 0.455. The Morgan fingerprint density at radius 3 is 2.73 bits per heavy atom. The number of nitrogens with zero attached hydrogens (tertiary/aromatic N) is 1. The first-order chi connectivity index (χ1) is 7.08. The Morgan fingerprint density at radius 2 is 2.20 bits per heavy atom. The van der Waals surface area contributed by atoms with Gasteiger partial charge in [0.2, 0.25) is 0 Å². The first-order valence-corrected chi connectivity index (χ1v) is 5.84. The Labute approximate surface area is 92.9 Å². The zero-order chi connectivity index (χ0) is 11.0. The number of carboxylic acid groups (broad SMARTS) is 1. The average Bonchev–Trinajstić information content (AvgIpc) is 2.85. The summed E-state index contributed by atoms with van der Waals surface area (Å²) in [5.41, 5.74) is 2.07. The van der Waals surface area contributed by atoms with Crippen molar-refractivity contribution in [3.8, 4) is 0 Å². The van der Waals surface area contributed by atoms with E-state index in [4.69, 9.17) is 5.11 Å². The van der Waals surface area contributed by atoms with E-state index in [9.17, 15) is 4.79 Å². The van der Waals surface area contributed by atoms with Gasteiger partial charge < -0.3 is 5.11 Å². The monoisotopic (exact) mass is 223 g/mol. The van der Waals surface area contributed by atoms with Gasteiger partial charge in [-0.2, -0.15) is 0 Å². The van der Waals surface area contributed by atoms with Crippen molar-refractivity contribution in [3.05, 3.63) is 22.9 Å². The van der Waals surface area contributed by atoms with E-state index in [1.807, 2.05) is 19.9 Å². The van der Waals surface area contributed by atoms with Crippen LogP contribution in [0.5, 0.6) is 0 Å². The van der Waals surface area contributed by atoms with Crippen molar-refractivity contribution in [3.63, 3.8) is 0 Å². The first-order valence-electron chi connectivity index (χ1n) is 4.96. The maximum absolute atomic E-state index is 11.1. The second kappa shape index (κ2) is 3.85. The quantitative estimate of drug-likeness (QED) is 0.855. The van der Waals surface area contributed by atoms with Crippen LogP contribution in [0.3, 0.4) is 0 Å². The van der Waals surface area contributed by atoms with Crippen LogP contribution in [0.15, 0.2) is 11.1 Å². The molecule has 4 heteroatoms. The zero-order valence-corrected chi connectivity index (χ0v) is 9.60. The summed E-state index contributed by atoms with van der Waals surface area (Å²) in [6.45, 7) is 3.73. The summed E-state index contributed by atoms with van der Waals surface area (Å²) in [6, 6.07) is 1.82. The normalized spacial score (nSPS) is 15.3. The SMILES string of the molecule is Cc1cc(C)c(C(=O)O)c(SC2CC2)n1. The molecule has 0 aromatic carbocycles. The van der Waals surface area contributed by atoms with E-state index in [0.29, 0.717) is 15.8 Å². The van der Waals surface area contributed by atoms with Gasteiger partial charge in [-0.1, -0.05) is 0 Å². The smallest absolute Gasteiger partial charge is 0.338 e. The van der Waals surface area contributed by atoms with Crippen LogP contribution in [-0.4, -0.2) is 21.3 Å². The van der Waals surface area contributed by atoms with E-state index in [1.54, 1.807) is 11.8 Å². The lowest BCUT2D eigenvalue weighted by atomic mass is 10.1. The van der Waals surface area contributed by atoms with Gasteiger partial charge >= 0.3 is 5.97 Å². The lowest BCUT2D eigenvalue weighted by molar-refractivity contribution is 0.0691. The third-order valence-electron chi connectivity index (χ3n) is 2.33. The predicted molar refractivity (Wildman–Crippen MR) is 59.5 cm³/mol. The van der Waals surface area contributed by atoms with E-state index < -0.39 is 5.97 Å². The molecule has 0 saturated heterocycles. The largest absolute Gasteiger partial charge is 0.478 e. The number of pyridine rings is 1. The Morgan fingerprint density at radius 1 is 1.53 bits per heavy atom. The number of aromatic carboxylic acids is 1. The molecule has 0 spiro atoms. The maximum Gasteiger partial charge on any atom is 0.338 e. The molecule has 0 aliphatic heterocycles. The van der Waals surface area contributed by atoms with E-state index in [-0.39, 0.29) is 0 Å². The molecular formula is C11H13NO2S. The highest BCUT2D eigenvalue weighted by Gasteiger charge is 2.26. The minimum atomic E-state index is -0.872. The summed E-state index contributed by atoms with van der Waals surface area (Å²) in [4.78, 5) is 15.4. The van der Waals surface area contributed by atoms with Gasteiger partial charge in [0, 0.05) is 10.9 Å². The Balaban J connectivity index is 2.42. The summed E-state index contributed by atoms with van der Waals surface area (Å²) < 4.78 is 0. The number of aromatic nitrogens is 1. The molecule has 0 unspecified atom stereocenters. The topological polar surface area (TPSA) is 50.2 Å². The summed E-state index contributed by atoms with van der Waals surface area (Å²) in [7, 11) is 0. The number of carbonyl (C=O) groups is 1.